The van der Waals surface area contributed by atoms with E-state index in [1.165, 1.54) is 0 Å². The van der Waals surface area contributed by atoms with Crippen LogP contribution in [0, 0.1) is 0 Å². The Balaban J connectivity index is 1.73. The smallest absolute Gasteiger partial charge is 0.265 e. The number of nitrogens with zero attached hydrogens (tertiary/aromatic N) is 5. The summed E-state index contributed by atoms with van der Waals surface area (Å²) in [5.41, 5.74) is 3.13. The zero-order chi connectivity index (χ0) is 20.5. The Labute approximate surface area is 171 Å². The zero-order valence-electron chi connectivity index (χ0n) is 16.6. The standard InChI is InChI=1S/C22H21N5O3/c1-2-29-11-6-10-26-14-23-20-18(22(26)28)19-21(27(20)13-15-7-5-12-30-15)25-17-9-4-3-8-16(17)24-19/h3-5,7-9,12,14H,2,6,10-11,13H2,1H3. The van der Waals surface area contributed by atoms with Gasteiger partial charge in [0.1, 0.15) is 16.7 Å². The molecule has 0 fully saturated rings. The predicted octanol–water partition coefficient (Wildman–Crippen LogP) is 3.36. The summed E-state index contributed by atoms with van der Waals surface area (Å²) in [5.74, 6) is 0.756. The third-order valence-corrected chi connectivity index (χ3v) is 5.10. The maximum absolute atomic E-state index is 13.3. The molecule has 8 heteroatoms. The Hall–Kier alpha value is -3.52. The van der Waals surface area contributed by atoms with E-state index < -0.39 is 0 Å². The van der Waals surface area contributed by atoms with Crippen molar-refractivity contribution in [2.24, 2.45) is 0 Å². The van der Waals surface area contributed by atoms with Gasteiger partial charge in [-0.2, -0.15) is 0 Å². The lowest BCUT2D eigenvalue weighted by atomic mass is 10.3. The van der Waals surface area contributed by atoms with E-state index >= 15 is 0 Å². The third kappa shape index (κ3) is 3.15. The molecular weight excluding hydrogens is 382 g/mol. The van der Waals surface area contributed by atoms with Crippen LogP contribution in [0.1, 0.15) is 19.1 Å². The van der Waals surface area contributed by atoms with Crippen molar-refractivity contribution >= 4 is 33.2 Å². The lowest BCUT2D eigenvalue weighted by Gasteiger charge is -2.06. The summed E-state index contributed by atoms with van der Waals surface area (Å²) in [4.78, 5) is 27.5. The number of benzene rings is 1. The molecule has 0 aliphatic heterocycles. The molecule has 0 aliphatic rings. The Bertz CT molecular complexity index is 1390. The van der Waals surface area contributed by atoms with Crippen molar-refractivity contribution in [2.75, 3.05) is 13.2 Å². The second kappa shape index (κ2) is 7.72. The molecule has 0 unspecified atom stereocenters. The van der Waals surface area contributed by atoms with Crippen LogP contribution in [-0.4, -0.2) is 37.3 Å². The van der Waals surface area contributed by atoms with Crippen molar-refractivity contribution < 1.29 is 9.15 Å². The molecule has 5 aromatic rings. The molecule has 0 amide bonds. The summed E-state index contributed by atoms with van der Waals surface area (Å²) in [6, 6.07) is 11.4. The van der Waals surface area contributed by atoms with Crippen LogP contribution in [0.5, 0.6) is 0 Å². The summed E-state index contributed by atoms with van der Waals surface area (Å²) in [6.07, 6.45) is 3.96. The normalized spacial score (nSPS) is 11.8. The number of aryl methyl sites for hydroxylation is 1. The number of hydrogen-bond acceptors (Lipinski definition) is 6. The first-order chi connectivity index (χ1) is 14.8. The Kier molecular flexibility index (Phi) is 4.76. The maximum Gasteiger partial charge on any atom is 0.265 e. The average Bonchev–Trinajstić information content (AvgIpc) is 3.38. The molecule has 152 valence electrons. The molecule has 1 aromatic carbocycles. The summed E-state index contributed by atoms with van der Waals surface area (Å²) in [6.45, 7) is 4.17. The van der Waals surface area contributed by atoms with E-state index in [1.807, 2.05) is 47.9 Å². The third-order valence-electron chi connectivity index (χ3n) is 5.10. The second-order valence-corrected chi connectivity index (χ2v) is 7.04. The van der Waals surface area contributed by atoms with Crippen LogP contribution in [0.2, 0.25) is 0 Å². The van der Waals surface area contributed by atoms with E-state index in [9.17, 15) is 4.79 Å². The van der Waals surface area contributed by atoms with Crippen LogP contribution >= 0.6 is 0 Å². The highest BCUT2D eigenvalue weighted by Crippen LogP contribution is 2.25. The molecule has 4 heterocycles. The van der Waals surface area contributed by atoms with E-state index in [-0.39, 0.29) is 5.56 Å². The van der Waals surface area contributed by atoms with Gasteiger partial charge < -0.3 is 13.7 Å². The summed E-state index contributed by atoms with van der Waals surface area (Å²) >= 11 is 0. The lowest BCUT2D eigenvalue weighted by molar-refractivity contribution is 0.141. The number of para-hydroxylation sites is 2. The van der Waals surface area contributed by atoms with Gasteiger partial charge >= 0.3 is 0 Å². The van der Waals surface area contributed by atoms with E-state index in [2.05, 4.69) is 4.98 Å². The molecule has 0 atom stereocenters. The number of aromatic nitrogens is 5. The van der Waals surface area contributed by atoms with Crippen molar-refractivity contribution in [3.05, 3.63) is 65.1 Å². The van der Waals surface area contributed by atoms with Crippen LogP contribution in [0.4, 0.5) is 0 Å². The fraction of sp³-hybridized carbons (Fsp3) is 0.273. The van der Waals surface area contributed by atoms with Gasteiger partial charge in [0.15, 0.2) is 11.3 Å². The molecular formula is C22H21N5O3. The van der Waals surface area contributed by atoms with Crippen LogP contribution in [-0.2, 0) is 17.8 Å². The highest BCUT2D eigenvalue weighted by molar-refractivity contribution is 6.04. The van der Waals surface area contributed by atoms with E-state index in [1.54, 1.807) is 17.2 Å². The van der Waals surface area contributed by atoms with Gasteiger partial charge in [0, 0.05) is 19.8 Å². The quantitative estimate of drug-likeness (QED) is 0.387. The first kappa shape index (κ1) is 18.5. The SMILES string of the molecule is CCOCCCn1cnc2c(c1=O)c1nc3ccccc3nc1n2Cc1ccco1. The number of fused-ring (bicyclic) bond motifs is 4. The minimum Gasteiger partial charge on any atom is -0.467 e. The van der Waals surface area contributed by atoms with Crippen LogP contribution in [0.3, 0.4) is 0 Å². The molecule has 5 rings (SSSR count). The summed E-state index contributed by atoms with van der Waals surface area (Å²) in [7, 11) is 0. The molecule has 8 nitrogen and oxygen atoms in total. The van der Waals surface area contributed by atoms with Gasteiger partial charge in [-0.1, -0.05) is 12.1 Å². The van der Waals surface area contributed by atoms with Gasteiger partial charge in [-0.05, 0) is 37.6 Å². The van der Waals surface area contributed by atoms with E-state index in [0.29, 0.717) is 48.5 Å². The number of ether oxygens (including phenoxy) is 1. The molecule has 0 N–H and O–H groups in total. The van der Waals surface area contributed by atoms with Crippen molar-refractivity contribution in [3.63, 3.8) is 0 Å². The molecule has 0 aliphatic carbocycles. The summed E-state index contributed by atoms with van der Waals surface area (Å²) in [5, 5.41) is 0.480. The molecule has 4 aromatic heterocycles. The van der Waals surface area contributed by atoms with Gasteiger partial charge in [0.25, 0.3) is 5.56 Å². The second-order valence-electron chi connectivity index (χ2n) is 7.04. The van der Waals surface area contributed by atoms with Crippen molar-refractivity contribution in [3.8, 4) is 0 Å². The predicted molar refractivity (Wildman–Crippen MR) is 114 cm³/mol. The van der Waals surface area contributed by atoms with E-state index in [0.717, 1.165) is 23.2 Å². The van der Waals surface area contributed by atoms with Gasteiger partial charge in [-0.15, -0.1) is 0 Å². The van der Waals surface area contributed by atoms with E-state index in [4.69, 9.17) is 19.1 Å². The topological polar surface area (TPSA) is 88.0 Å². The molecule has 0 bridgehead atoms. The molecule has 0 radical (unpaired) electrons. The van der Waals surface area contributed by atoms with Crippen molar-refractivity contribution in [1.82, 2.24) is 24.1 Å². The molecule has 0 saturated carbocycles. The summed E-state index contributed by atoms with van der Waals surface area (Å²) < 4.78 is 14.4. The lowest BCUT2D eigenvalue weighted by Crippen LogP contribution is -2.21. The first-order valence-electron chi connectivity index (χ1n) is 10.0. The fourth-order valence-electron chi connectivity index (χ4n) is 3.69. The Morgan fingerprint density at radius 3 is 2.67 bits per heavy atom. The monoisotopic (exact) mass is 403 g/mol. The minimum absolute atomic E-state index is 0.121. The molecule has 30 heavy (non-hydrogen) atoms. The van der Waals surface area contributed by atoms with Gasteiger partial charge in [-0.25, -0.2) is 15.0 Å². The fourth-order valence-corrected chi connectivity index (χ4v) is 3.69. The van der Waals surface area contributed by atoms with Crippen LogP contribution in [0.15, 0.2) is 58.2 Å². The Morgan fingerprint density at radius 2 is 1.90 bits per heavy atom. The molecule has 0 saturated heterocycles. The van der Waals surface area contributed by atoms with Crippen molar-refractivity contribution in [2.45, 2.75) is 26.4 Å². The first-order valence-corrected chi connectivity index (χ1v) is 10.0. The highest BCUT2D eigenvalue weighted by atomic mass is 16.5. The van der Waals surface area contributed by atoms with Crippen LogP contribution in [0.25, 0.3) is 33.2 Å². The number of hydrogen-bond donors (Lipinski definition) is 0. The number of rotatable bonds is 7. The molecule has 0 spiro atoms. The average molecular weight is 403 g/mol. The van der Waals surface area contributed by atoms with Crippen LogP contribution < -0.4 is 5.56 Å². The largest absolute Gasteiger partial charge is 0.467 e. The van der Waals surface area contributed by atoms with Crippen molar-refractivity contribution in [1.29, 1.82) is 0 Å². The maximum atomic E-state index is 13.3. The highest BCUT2D eigenvalue weighted by Gasteiger charge is 2.20. The Morgan fingerprint density at radius 1 is 1.07 bits per heavy atom. The van der Waals surface area contributed by atoms with Gasteiger partial charge in [0.05, 0.1) is 30.2 Å². The van der Waals surface area contributed by atoms with Gasteiger partial charge in [-0.3, -0.25) is 9.36 Å². The number of furan rings is 1. The van der Waals surface area contributed by atoms with Gasteiger partial charge in [0.2, 0.25) is 0 Å². The minimum atomic E-state index is -0.121. The zero-order valence-corrected chi connectivity index (χ0v) is 16.6.